The Kier molecular flexibility index (Phi) is 6.28. The van der Waals surface area contributed by atoms with Crippen molar-refractivity contribution in [3.63, 3.8) is 0 Å². The Bertz CT molecular complexity index is 389. The van der Waals surface area contributed by atoms with Crippen LogP contribution in [0.1, 0.15) is 0 Å². The second-order valence-corrected chi connectivity index (χ2v) is 6.18. The Morgan fingerprint density at radius 2 is 2.25 bits per heavy atom. The molecule has 0 fully saturated rings. The molecule has 0 spiro atoms. The molecule has 0 heterocycles. The van der Waals surface area contributed by atoms with E-state index in [2.05, 4.69) is 31.9 Å². The first-order chi connectivity index (χ1) is 7.54. The number of hydrogen-bond acceptors (Lipinski definition) is 3. The van der Waals surface area contributed by atoms with E-state index in [0.717, 1.165) is 5.33 Å². The van der Waals surface area contributed by atoms with Crippen LogP contribution in [0.3, 0.4) is 0 Å². The summed E-state index contributed by atoms with van der Waals surface area (Å²) in [6.07, 6.45) is 0. The molecule has 1 aromatic rings. The first kappa shape index (κ1) is 14.4. The van der Waals surface area contributed by atoms with E-state index in [9.17, 15) is 8.76 Å². The molecule has 0 aliphatic rings. The maximum absolute atomic E-state index is 10.7. The van der Waals surface area contributed by atoms with E-state index in [1.54, 1.807) is 6.07 Å². The van der Waals surface area contributed by atoms with Crippen LogP contribution in [0.5, 0.6) is 5.75 Å². The summed E-state index contributed by atoms with van der Waals surface area (Å²) in [5, 5.41) is 1.05. The van der Waals surface area contributed by atoms with Gasteiger partial charge in [-0.25, -0.2) is 0 Å². The standard InChI is InChI=1S/C9H9Br2ClO3S/c10-4-6(11)5-15-9-2-1-7(16(13)14)3-8(9)12/h1-3,6H,4-5H2,(H,13,14)/p-1. The predicted octanol–water partition coefficient (Wildman–Crippen LogP) is 3.12. The lowest BCUT2D eigenvalue weighted by atomic mass is 10.3. The van der Waals surface area contributed by atoms with Crippen molar-refractivity contribution < 1.29 is 13.5 Å². The molecule has 0 saturated carbocycles. The van der Waals surface area contributed by atoms with Gasteiger partial charge in [0, 0.05) is 10.2 Å². The molecule has 0 aliphatic heterocycles. The average molecular weight is 391 g/mol. The van der Waals surface area contributed by atoms with Crippen molar-refractivity contribution >= 4 is 54.5 Å². The molecule has 0 aromatic heterocycles. The van der Waals surface area contributed by atoms with Crippen LogP contribution in [-0.2, 0) is 11.1 Å². The third-order valence-electron chi connectivity index (χ3n) is 1.68. The molecule has 0 aliphatic carbocycles. The minimum absolute atomic E-state index is 0.147. The van der Waals surface area contributed by atoms with Gasteiger partial charge in [-0.15, -0.1) is 0 Å². The van der Waals surface area contributed by atoms with Crippen LogP contribution in [0.25, 0.3) is 0 Å². The largest absolute Gasteiger partial charge is 0.768 e. The molecular formula is C9H8Br2ClO3S-. The maximum atomic E-state index is 10.7. The van der Waals surface area contributed by atoms with Crippen LogP contribution in [0.2, 0.25) is 5.02 Å². The van der Waals surface area contributed by atoms with Crippen molar-refractivity contribution in [3.8, 4) is 5.75 Å². The van der Waals surface area contributed by atoms with Crippen molar-refractivity contribution in [3.05, 3.63) is 23.2 Å². The fourth-order valence-corrected chi connectivity index (χ4v) is 1.94. The van der Waals surface area contributed by atoms with Gasteiger partial charge in [0.2, 0.25) is 0 Å². The van der Waals surface area contributed by atoms with Crippen molar-refractivity contribution in [1.82, 2.24) is 0 Å². The van der Waals surface area contributed by atoms with Crippen LogP contribution in [0.15, 0.2) is 23.1 Å². The van der Waals surface area contributed by atoms with Crippen LogP contribution < -0.4 is 4.74 Å². The van der Waals surface area contributed by atoms with E-state index in [1.165, 1.54) is 12.1 Å². The van der Waals surface area contributed by atoms with Gasteiger partial charge >= 0.3 is 0 Å². The van der Waals surface area contributed by atoms with Crippen molar-refractivity contribution in [2.75, 3.05) is 11.9 Å². The van der Waals surface area contributed by atoms with Crippen LogP contribution in [-0.4, -0.2) is 25.5 Å². The quantitative estimate of drug-likeness (QED) is 0.572. The summed E-state index contributed by atoms with van der Waals surface area (Å²) in [6.45, 7) is 0.449. The minimum Gasteiger partial charge on any atom is -0.768 e. The van der Waals surface area contributed by atoms with Gasteiger partial charge in [0.15, 0.2) is 0 Å². The second-order valence-electron chi connectivity index (χ2n) is 2.89. The van der Waals surface area contributed by atoms with Crippen LogP contribution in [0, 0.1) is 0 Å². The van der Waals surface area contributed by atoms with E-state index in [0.29, 0.717) is 12.4 Å². The first-order valence-corrected chi connectivity index (χ1v) is 7.75. The Morgan fingerprint density at radius 1 is 1.56 bits per heavy atom. The van der Waals surface area contributed by atoms with E-state index >= 15 is 0 Å². The predicted molar refractivity (Wildman–Crippen MR) is 70.6 cm³/mol. The highest BCUT2D eigenvalue weighted by molar-refractivity contribution is 9.12. The lowest BCUT2D eigenvalue weighted by molar-refractivity contribution is 0.325. The normalized spacial score (nSPS) is 14.5. The van der Waals surface area contributed by atoms with Gasteiger partial charge in [0.1, 0.15) is 12.4 Å². The SMILES string of the molecule is O=S([O-])c1ccc(OCC(Br)CBr)c(Cl)c1. The molecule has 7 heteroatoms. The molecule has 0 N–H and O–H groups in total. The highest BCUT2D eigenvalue weighted by atomic mass is 79.9. The number of ether oxygens (including phenoxy) is 1. The molecule has 0 saturated heterocycles. The molecule has 3 nitrogen and oxygen atoms in total. The van der Waals surface area contributed by atoms with Gasteiger partial charge in [-0.05, 0) is 29.3 Å². The summed E-state index contributed by atoms with van der Waals surface area (Å²) in [5.41, 5.74) is 0. The Hall–Kier alpha value is 0.380. The monoisotopic (exact) mass is 389 g/mol. The maximum Gasteiger partial charge on any atom is 0.138 e. The highest BCUT2D eigenvalue weighted by Crippen LogP contribution is 2.27. The van der Waals surface area contributed by atoms with Gasteiger partial charge in [-0.1, -0.05) is 43.5 Å². The Morgan fingerprint density at radius 3 is 2.75 bits per heavy atom. The highest BCUT2D eigenvalue weighted by Gasteiger charge is 2.07. The first-order valence-electron chi connectivity index (χ1n) is 4.26. The zero-order valence-electron chi connectivity index (χ0n) is 7.99. The molecule has 0 amide bonds. The molecular weight excluding hydrogens is 383 g/mol. The molecule has 90 valence electrons. The number of hydrogen-bond donors (Lipinski definition) is 0. The molecule has 1 rings (SSSR count). The van der Waals surface area contributed by atoms with Crippen molar-refractivity contribution in [2.24, 2.45) is 0 Å². The second kappa shape index (κ2) is 6.96. The number of halogens is 3. The summed E-state index contributed by atoms with van der Waals surface area (Å²) in [7, 11) is 0. The molecule has 2 unspecified atom stereocenters. The van der Waals surface area contributed by atoms with Gasteiger partial charge in [0.05, 0.1) is 9.85 Å². The third-order valence-corrected chi connectivity index (χ3v) is 4.86. The van der Waals surface area contributed by atoms with Crippen LogP contribution >= 0.6 is 43.5 Å². The number of alkyl halides is 2. The Labute approximate surface area is 118 Å². The van der Waals surface area contributed by atoms with Gasteiger partial charge < -0.3 is 9.29 Å². The van der Waals surface area contributed by atoms with Crippen LogP contribution in [0.4, 0.5) is 0 Å². The smallest absolute Gasteiger partial charge is 0.138 e. The molecule has 16 heavy (non-hydrogen) atoms. The summed E-state index contributed by atoms with van der Waals surface area (Å²) in [5.74, 6) is 0.473. The van der Waals surface area contributed by atoms with E-state index in [1.807, 2.05) is 0 Å². The summed E-state index contributed by atoms with van der Waals surface area (Å²) in [4.78, 5) is 0.324. The zero-order valence-corrected chi connectivity index (χ0v) is 12.7. The summed E-state index contributed by atoms with van der Waals surface area (Å²) >= 11 is 10.3. The fraction of sp³-hybridized carbons (Fsp3) is 0.333. The lowest BCUT2D eigenvalue weighted by Crippen LogP contribution is -2.12. The molecule has 2 atom stereocenters. The van der Waals surface area contributed by atoms with Gasteiger partial charge in [0.25, 0.3) is 0 Å². The van der Waals surface area contributed by atoms with E-state index in [4.69, 9.17) is 16.3 Å². The molecule has 0 bridgehead atoms. The fourth-order valence-electron chi connectivity index (χ4n) is 0.927. The average Bonchev–Trinajstić information content (AvgIpc) is 2.26. The number of rotatable bonds is 5. The molecule has 1 aromatic carbocycles. The summed E-state index contributed by atoms with van der Waals surface area (Å²) in [6, 6.07) is 4.35. The van der Waals surface area contributed by atoms with Gasteiger partial charge in [-0.3, -0.25) is 4.21 Å². The molecule has 0 radical (unpaired) electrons. The minimum atomic E-state index is -2.27. The zero-order chi connectivity index (χ0) is 12.1. The topological polar surface area (TPSA) is 49.4 Å². The van der Waals surface area contributed by atoms with Crippen molar-refractivity contribution in [2.45, 2.75) is 9.72 Å². The van der Waals surface area contributed by atoms with Gasteiger partial charge in [-0.2, -0.15) is 0 Å². The summed E-state index contributed by atoms with van der Waals surface area (Å²) < 4.78 is 26.7. The lowest BCUT2D eigenvalue weighted by Gasteiger charge is -2.12. The van der Waals surface area contributed by atoms with E-state index < -0.39 is 11.1 Å². The Balaban J connectivity index is 2.72. The third kappa shape index (κ3) is 4.33. The van der Waals surface area contributed by atoms with E-state index in [-0.39, 0.29) is 14.7 Å². The number of benzene rings is 1. The van der Waals surface area contributed by atoms with Crippen molar-refractivity contribution in [1.29, 1.82) is 0 Å².